The van der Waals surface area contributed by atoms with E-state index < -0.39 is 30.5 Å². The number of aromatic nitrogens is 4. The number of fused-ring (bicyclic) bond motifs is 1. The third kappa shape index (κ3) is 6.23. The Morgan fingerprint density at radius 1 is 1.07 bits per heavy atom. The molecule has 5 N–H and O–H groups in total. The fourth-order valence-electron chi connectivity index (χ4n) is 5.46. The molecule has 2 aliphatic rings. The number of ether oxygens (including phenoxy) is 1. The molecule has 0 aliphatic heterocycles. The molecule has 4 aromatic rings. The maximum Gasteiger partial charge on any atom is 0.573 e. The first-order chi connectivity index (χ1) is 20.5. The highest BCUT2D eigenvalue weighted by molar-refractivity contribution is 7.21. The van der Waals surface area contributed by atoms with Crippen LogP contribution in [0.2, 0.25) is 0 Å². The van der Waals surface area contributed by atoms with E-state index in [1.807, 2.05) is 19.9 Å². The molecule has 2 saturated carbocycles. The SMILES string of the molecule is Cc1nccc2sc(-c3c(NC4CC(CO)C(O)C4O)nc(NC(C)c4ccc(OC(F)(F)F)cc4)nc3C3CC3)nc12. The minimum atomic E-state index is -4.78. The summed E-state index contributed by atoms with van der Waals surface area (Å²) in [4.78, 5) is 19.0. The van der Waals surface area contributed by atoms with Crippen LogP contribution < -0.4 is 15.4 Å². The van der Waals surface area contributed by atoms with E-state index in [0.717, 1.165) is 34.4 Å². The Hall–Kier alpha value is -3.59. The summed E-state index contributed by atoms with van der Waals surface area (Å²) in [5, 5.41) is 38.3. The van der Waals surface area contributed by atoms with Crippen LogP contribution in [0.25, 0.3) is 20.8 Å². The Labute approximate surface area is 249 Å². The summed E-state index contributed by atoms with van der Waals surface area (Å²) in [5.41, 5.74) is 3.77. The molecule has 14 heteroatoms. The zero-order valence-electron chi connectivity index (χ0n) is 23.3. The summed E-state index contributed by atoms with van der Waals surface area (Å²) in [6.07, 6.45) is -3.06. The lowest BCUT2D eigenvalue weighted by Crippen LogP contribution is -2.35. The number of hydrogen-bond donors (Lipinski definition) is 5. The van der Waals surface area contributed by atoms with Gasteiger partial charge in [-0.05, 0) is 56.9 Å². The number of hydrogen-bond acceptors (Lipinski definition) is 11. The second-order valence-electron chi connectivity index (χ2n) is 11.1. The van der Waals surface area contributed by atoms with Gasteiger partial charge in [-0.25, -0.2) is 9.97 Å². The van der Waals surface area contributed by atoms with Gasteiger partial charge in [0.1, 0.15) is 28.2 Å². The van der Waals surface area contributed by atoms with E-state index in [9.17, 15) is 28.5 Å². The van der Waals surface area contributed by atoms with Crippen molar-refractivity contribution in [2.75, 3.05) is 17.2 Å². The van der Waals surface area contributed by atoms with Crippen LogP contribution in [0.5, 0.6) is 5.75 Å². The molecule has 3 aromatic heterocycles. The van der Waals surface area contributed by atoms with Crippen LogP contribution in [-0.4, -0.2) is 66.5 Å². The maximum absolute atomic E-state index is 12.6. The minimum Gasteiger partial charge on any atom is -0.406 e. The Kier molecular flexibility index (Phi) is 7.87. The highest BCUT2D eigenvalue weighted by Gasteiger charge is 2.42. The van der Waals surface area contributed by atoms with Crippen molar-refractivity contribution in [3.05, 3.63) is 53.5 Å². The zero-order chi connectivity index (χ0) is 30.5. The number of pyridine rings is 1. The Morgan fingerprint density at radius 3 is 2.44 bits per heavy atom. The van der Waals surface area contributed by atoms with Gasteiger partial charge < -0.3 is 30.7 Å². The van der Waals surface area contributed by atoms with E-state index in [2.05, 4.69) is 20.4 Å². The monoisotopic (exact) mass is 616 g/mol. The molecule has 2 fully saturated rings. The highest BCUT2D eigenvalue weighted by Crippen LogP contribution is 2.48. The second-order valence-corrected chi connectivity index (χ2v) is 12.1. The number of nitrogens with zero attached hydrogens (tertiary/aromatic N) is 4. The first-order valence-electron chi connectivity index (χ1n) is 14.0. The number of aliphatic hydroxyl groups excluding tert-OH is 3. The predicted molar refractivity (Wildman–Crippen MR) is 155 cm³/mol. The lowest BCUT2D eigenvalue weighted by molar-refractivity contribution is -0.274. The quantitative estimate of drug-likeness (QED) is 0.176. The molecule has 10 nitrogen and oxygen atoms in total. The number of halogens is 3. The Bertz CT molecular complexity index is 1610. The van der Waals surface area contributed by atoms with Crippen LogP contribution in [0.1, 0.15) is 55.1 Å². The van der Waals surface area contributed by atoms with Gasteiger partial charge in [0.15, 0.2) is 0 Å². The Balaban J connectivity index is 1.38. The first kappa shape index (κ1) is 29.5. The molecule has 6 rings (SSSR count). The van der Waals surface area contributed by atoms with Crippen molar-refractivity contribution in [1.82, 2.24) is 19.9 Å². The zero-order valence-corrected chi connectivity index (χ0v) is 24.2. The maximum atomic E-state index is 12.6. The van der Waals surface area contributed by atoms with E-state index in [1.165, 1.54) is 35.6 Å². The van der Waals surface area contributed by atoms with E-state index in [1.54, 1.807) is 6.20 Å². The molecule has 228 valence electrons. The molecule has 5 atom stereocenters. The summed E-state index contributed by atoms with van der Waals surface area (Å²) < 4.78 is 42.7. The largest absolute Gasteiger partial charge is 0.573 e. The summed E-state index contributed by atoms with van der Waals surface area (Å²) in [5.74, 6) is 0.0934. The molecule has 0 radical (unpaired) electrons. The van der Waals surface area contributed by atoms with Crippen molar-refractivity contribution in [3.63, 3.8) is 0 Å². The molecule has 3 heterocycles. The molecule has 43 heavy (non-hydrogen) atoms. The molecule has 1 aromatic carbocycles. The van der Waals surface area contributed by atoms with Crippen molar-refractivity contribution in [2.45, 2.75) is 69.7 Å². The second kappa shape index (κ2) is 11.5. The van der Waals surface area contributed by atoms with Crippen molar-refractivity contribution in [2.24, 2.45) is 5.92 Å². The Morgan fingerprint density at radius 2 is 1.81 bits per heavy atom. The number of alkyl halides is 3. The van der Waals surface area contributed by atoms with Crippen molar-refractivity contribution >= 4 is 33.3 Å². The number of benzene rings is 1. The fraction of sp³-hybridized carbons (Fsp3) is 0.448. The van der Waals surface area contributed by atoms with Crippen LogP contribution in [0.3, 0.4) is 0 Å². The third-order valence-electron chi connectivity index (χ3n) is 7.92. The van der Waals surface area contributed by atoms with Gasteiger partial charge >= 0.3 is 6.36 Å². The van der Waals surface area contributed by atoms with E-state index in [0.29, 0.717) is 34.3 Å². The summed E-state index contributed by atoms with van der Waals surface area (Å²) >= 11 is 1.49. The average Bonchev–Trinajstić information content (AvgIpc) is 3.66. The molecule has 0 spiro atoms. The lowest BCUT2D eigenvalue weighted by Gasteiger charge is -2.23. The van der Waals surface area contributed by atoms with Gasteiger partial charge in [-0.1, -0.05) is 12.1 Å². The molecular formula is C29H31F3N6O4S. The normalized spacial score (nSPS) is 23.0. The van der Waals surface area contributed by atoms with Crippen LogP contribution in [0, 0.1) is 12.8 Å². The number of nitrogens with one attached hydrogen (secondary N) is 2. The van der Waals surface area contributed by atoms with Crippen molar-refractivity contribution < 1.29 is 33.2 Å². The van der Waals surface area contributed by atoms with Crippen LogP contribution in [0.4, 0.5) is 24.9 Å². The van der Waals surface area contributed by atoms with Crippen molar-refractivity contribution in [3.8, 4) is 16.3 Å². The summed E-state index contributed by atoms with van der Waals surface area (Å²) in [6, 6.07) is 6.52. The van der Waals surface area contributed by atoms with Gasteiger partial charge in [-0.3, -0.25) is 4.98 Å². The first-order valence-corrected chi connectivity index (χ1v) is 14.8. The number of thiazole rings is 1. The average molecular weight is 617 g/mol. The number of aryl methyl sites for hydroxylation is 1. The van der Waals surface area contributed by atoms with Crippen LogP contribution in [0.15, 0.2) is 36.5 Å². The van der Waals surface area contributed by atoms with Crippen molar-refractivity contribution in [1.29, 1.82) is 0 Å². The number of anilines is 2. The highest BCUT2D eigenvalue weighted by atomic mass is 32.1. The van der Waals surface area contributed by atoms with E-state index in [4.69, 9.17) is 15.0 Å². The van der Waals surface area contributed by atoms with E-state index >= 15 is 0 Å². The van der Waals surface area contributed by atoms with Gasteiger partial charge in [-0.2, -0.15) is 4.98 Å². The predicted octanol–water partition coefficient (Wildman–Crippen LogP) is 4.92. The van der Waals surface area contributed by atoms with Gasteiger partial charge in [0.25, 0.3) is 0 Å². The van der Waals surface area contributed by atoms with Gasteiger partial charge in [0.05, 0.1) is 39.8 Å². The molecule has 0 bridgehead atoms. The number of rotatable bonds is 9. The topological polar surface area (TPSA) is 146 Å². The van der Waals surface area contributed by atoms with E-state index in [-0.39, 0.29) is 24.3 Å². The molecule has 2 aliphatic carbocycles. The molecule has 0 saturated heterocycles. The molecule has 0 amide bonds. The summed E-state index contributed by atoms with van der Waals surface area (Å²) in [7, 11) is 0. The van der Waals surface area contributed by atoms with Crippen LogP contribution in [-0.2, 0) is 0 Å². The lowest BCUT2D eigenvalue weighted by atomic mass is 10.1. The summed E-state index contributed by atoms with van der Waals surface area (Å²) in [6.45, 7) is 3.47. The smallest absolute Gasteiger partial charge is 0.406 e. The fourth-order valence-corrected chi connectivity index (χ4v) is 6.53. The molecule has 5 unspecified atom stereocenters. The third-order valence-corrected chi connectivity index (χ3v) is 8.96. The minimum absolute atomic E-state index is 0.170. The standard InChI is InChI=1S/C29H31F3N6O4S/c1-13(15-5-7-18(8-6-15)42-29(30,31)32)34-28-37-23(16-3-4-16)21(27-36-22-14(2)33-10-9-20(22)43-27)26(38-28)35-19-11-17(12-39)24(40)25(19)41/h5-10,13,16-17,19,24-25,39-41H,3-4,11-12H2,1-2H3,(H2,34,35,37,38). The van der Waals surface area contributed by atoms with Gasteiger partial charge in [0, 0.05) is 24.6 Å². The van der Waals surface area contributed by atoms with Gasteiger partial charge in [-0.15, -0.1) is 24.5 Å². The molecular weight excluding hydrogens is 585 g/mol. The van der Waals surface area contributed by atoms with Crippen LogP contribution >= 0.6 is 11.3 Å². The van der Waals surface area contributed by atoms with Gasteiger partial charge in [0.2, 0.25) is 5.95 Å². The number of aliphatic hydroxyl groups is 3.